The van der Waals surface area contributed by atoms with Crippen LogP contribution in [0.4, 0.5) is 5.82 Å². The van der Waals surface area contributed by atoms with Crippen molar-refractivity contribution in [3.63, 3.8) is 0 Å². The average molecular weight is 303 g/mol. The van der Waals surface area contributed by atoms with E-state index < -0.39 is 0 Å². The van der Waals surface area contributed by atoms with Gasteiger partial charge in [0.1, 0.15) is 5.82 Å². The Morgan fingerprint density at radius 1 is 0.913 bits per heavy atom. The molecular weight excluding hydrogens is 282 g/mol. The van der Waals surface area contributed by atoms with E-state index in [9.17, 15) is 0 Å². The highest BCUT2D eigenvalue weighted by Crippen LogP contribution is 2.26. The molecule has 23 heavy (non-hydrogen) atoms. The molecule has 3 rings (SSSR count). The Morgan fingerprint density at radius 2 is 1.61 bits per heavy atom. The molecule has 1 aromatic heterocycles. The lowest BCUT2D eigenvalue weighted by Crippen LogP contribution is -2.03. The minimum Gasteiger partial charge on any atom is -0.366 e. The van der Waals surface area contributed by atoms with E-state index >= 15 is 0 Å². The summed E-state index contributed by atoms with van der Waals surface area (Å²) in [5.74, 6) is 1.62. The van der Waals surface area contributed by atoms with E-state index in [1.54, 1.807) is 0 Å². The van der Waals surface area contributed by atoms with Gasteiger partial charge in [-0.3, -0.25) is 0 Å². The smallest absolute Gasteiger partial charge is 0.162 e. The van der Waals surface area contributed by atoms with Gasteiger partial charge in [0, 0.05) is 18.3 Å². The van der Waals surface area contributed by atoms with E-state index in [1.807, 2.05) is 30.5 Å². The first-order chi connectivity index (χ1) is 11.1. The molecule has 2 aromatic carbocycles. The Labute approximate surface area is 137 Å². The number of hydrogen-bond donors (Lipinski definition) is 1. The number of anilines is 1. The molecule has 0 radical (unpaired) electrons. The molecule has 1 N–H and O–H groups in total. The predicted octanol–water partition coefficient (Wildman–Crippen LogP) is 4.68. The SMILES string of the molecule is Cc1cc(C)c(-c2nccc(NCc3ccccc3)n2)c(C)c1. The summed E-state index contributed by atoms with van der Waals surface area (Å²) in [6, 6.07) is 16.6. The van der Waals surface area contributed by atoms with Gasteiger partial charge in [0.2, 0.25) is 0 Å². The van der Waals surface area contributed by atoms with Gasteiger partial charge >= 0.3 is 0 Å². The molecule has 0 atom stereocenters. The molecule has 0 bridgehead atoms. The maximum Gasteiger partial charge on any atom is 0.162 e. The third kappa shape index (κ3) is 3.57. The summed E-state index contributed by atoms with van der Waals surface area (Å²) < 4.78 is 0. The number of nitrogens with one attached hydrogen (secondary N) is 1. The molecule has 116 valence electrons. The highest BCUT2D eigenvalue weighted by Gasteiger charge is 2.10. The fourth-order valence-corrected chi connectivity index (χ4v) is 2.90. The third-order valence-corrected chi connectivity index (χ3v) is 3.87. The average Bonchev–Trinajstić information content (AvgIpc) is 2.53. The molecule has 0 unspecified atom stereocenters. The van der Waals surface area contributed by atoms with E-state index in [-0.39, 0.29) is 0 Å². The first kappa shape index (κ1) is 15.2. The zero-order valence-corrected chi connectivity index (χ0v) is 13.8. The van der Waals surface area contributed by atoms with Crippen LogP contribution in [0.25, 0.3) is 11.4 Å². The molecule has 3 heteroatoms. The Morgan fingerprint density at radius 3 is 2.30 bits per heavy atom. The van der Waals surface area contributed by atoms with Crippen LogP contribution in [-0.4, -0.2) is 9.97 Å². The minimum absolute atomic E-state index is 0.753. The molecule has 0 aliphatic carbocycles. The second kappa shape index (κ2) is 6.61. The van der Waals surface area contributed by atoms with Gasteiger partial charge in [-0.05, 0) is 43.5 Å². The zero-order chi connectivity index (χ0) is 16.2. The lowest BCUT2D eigenvalue weighted by molar-refractivity contribution is 1.08. The van der Waals surface area contributed by atoms with Crippen LogP contribution in [0.2, 0.25) is 0 Å². The summed E-state index contributed by atoms with van der Waals surface area (Å²) in [4.78, 5) is 9.15. The molecule has 3 nitrogen and oxygen atoms in total. The summed E-state index contributed by atoms with van der Waals surface area (Å²) in [7, 11) is 0. The van der Waals surface area contributed by atoms with Crippen molar-refractivity contribution in [2.24, 2.45) is 0 Å². The number of aromatic nitrogens is 2. The molecule has 0 aliphatic rings. The lowest BCUT2D eigenvalue weighted by Gasteiger charge is -2.12. The minimum atomic E-state index is 0.753. The van der Waals surface area contributed by atoms with Crippen LogP contribution < -0.4 is 5.32 Å². The molecule has 0 saturated heterocycles. The zero-order valence-electron chi connectivity index (χ0n) is 13.8. The summed E-state index contributed by atoms with van der Waals surface area (Å²) in [6.07, 6.45) is 1.81. The van der Waals surface area contributed by atoms with Gasteiger partial charge in [-0.2, -0.15) is 0 Å². The highest BCUT2D eigenvalue weighted by atomic mass is 15.0. The quantitative estimate of drug-likeness (QED) is 0.760. The first-order valence-electron chi connectivity index (χ1n) is 7.82. The van der Waals surface area contributed by atoms with Gasteiger partial charge < -0.3 is 5.32 Å². The van der Waals surface area contributed by atoms with Gasteiger partial charge in [0.05, 0.1) is 0 Å². The van der Waals surface area contributed by atoms with Crippen molar-refractivity contribution in [1.82, 2.24) is 9.97 Å². The van der Waals surface area contributed by atoms with Gasteiger partial charge in [-0.25, -0.2) is 9.97 Å². The van der Waals surface area contributed by atoms with Gasteiger partial charge in [-0.1, -0.05) is 48.0 Å². The van der Waals surface area contributed by atoms with Crippen molar-refractivity contribution >= 4 is 5.82 Å². The molecule has 3 aromatic rings. The molecule has 0 fully saturated rings. The number of hydrogen-bond acceptors (Lipinski definition) is 3. The van der Waals surface area contributed by atoms with Gasteiger partial charge in [0.25, 0.3) is 0 Å². The third-order valence-electron chi connectivity index (χ3n) is 3.87. The Bertz CT molecular complexity index is 787. The van der Waals surface area contributed by atoms with Gasteiger partial charge in [-0.15, -0.1) is 0 Å². The monoisotopic (exact) mass is 303 g/mol. The van der Waals surface area contributed by atoms with Crippen LogP contribution in [0.1, 0.15) is 22.3 Å². The Kier molecular flexibility index (Phi) is 4.38. The standard InChI is InChI=1S/C20H21N3/c1-14-11-15(2)19(16(3)12-14)20-21-10-9-18(23-20)22-13-17-7-5-4-6-8-17/h4-12H,13H2,1-3H3,(H,21,22,23). The van der Waals surface area contributed by atoms with Crippen molar-refractivity contribution in [2.75, 3.05) is 5.32 Å². The predicted molar refractivity (Wildman–Crippen MR) is 95.4 cm³/mol. The van der Waals surface area contributed by atoms with E-state index in [0.29, 0.717) is 0 Å². The maximum absolute atomic E-state index is 4.69. The number of nitrogens with zero attached hydrogens (tertiary/aromatic N) is 2. The van der Waals surface area contributed by atoms with Crippen molar-refractivity contribution in [2.45, 2.75) is 27.3 Å². The van der Waals surface area contributed by atoms with Gasteiger partial charge in [0.15, 0.2) is 5.82 Å². The Balaban J connectivity index is 1.86. The summed E-state index contributed by atoms with van der Waals surface area (Å²) >= 11 is 0. The van der Waals surface area contributed by atoms with Crippen LogP contribution >= 0.6 is 0 Å². The van der Waals surface area contributed by atoms with Crippen LogP contribution in [-0.2, 0) is 6.54 Å². The van der Waals surface area contributed by atoms with Crippen LogP contribution in [0, 0.1) is 20.8 Å². The molecule has 0 spiro atoms. The van der Waals surface area contributed by atoms with Crippen molar-refractivity contribution in [3.05, 3.63) is 77.0 Å². The maximum atomic E-state index is 4.69. The molecule has 0 aliphatic heterocycles. The molecular formula is C20H21N3. The summed E-state index contributed by atoms with van der Waals surface area (Å²) in [6.45, 7) is 7.09. The van der Waals surface area contributed by atoms with Crippen LogP contribution in [0.5, 0.6) is 0 Å². The number of rotatable bonds is 4. The second-order valence-corrected chi connectivity index (χ2v) is 5.88. The molecule has 0 amide bonds. The van der Waals surface area contributed by atoms with Crippen LogP contribution in [0.3, 0.4) is 0 Å². The molecule has 0 saturated carbocycles. The molecule has 1 heterocycles. The topological polar surface area (TPSA) is 37.8 Å². The van der Waals surface area contributed by atoms with E-state index in [4.69, 9.17) is 0 Å². The van der Waals surface area contributed by atoms with E-state index in [0.717, 1.165) is 23.8 Å². The van der Waals surface area contributed by atoms with Crippen LogP contribution in [0.15, 0.2) is 54.7 Å². The van der Waals surface area contributed by atoms with Crippen molar-refractivity contribution < 1.29 is 0 Å². The van der Waals surface area contributed by atoms with E-state index in [1.165, 1.54) is 22.3 Å². The number of benzene rings is 2. The number of aryl methyl sites for hydroxylation is 3. The van der Waals surface area contributed by atoms with Crippen molar-refractivity contribution in [1.29, 1.82) is 0 Å². The largest absolute Gasteiger partial charge is 0.366 e. The normalized spacial score (nSPS) is 10.6. The summed E-state index contributed by atoms with van der Waals surface area (Å²) in [5.41, 5.74) is 6.04. The second-order valence-electron chi connectivity index (χ2n) is 5.88. The highest BCUT2D eigenvalue weighted by molar-refractivity contribution is 5.66. The Hall–Kier alpha value is -2.68. The first-order valence-corrected chi connectivity index (χ1v) is 7.82. The van der Waals surface area contributed by atoms with Crippen molar-refractivity contribution in [3.8, 4) is 11.4 Å². The fraction of sp³-hybridized carbons (Fsp3) is 0.200. The van der Waals surface area contributed by atoms with E-state index in [2.05, 4.69) is 60.3 Å². The summed E-state index contributed by atoms with van der Waals surface area (Å²) in [5, 5.41) is 3.37. The fourth-order valence-electron chi connectivity index (χ4n) is 2.90. The lowest BCUT2D eigenvalue weighted by atomic mass is 9.99.